The third kappa shape index (κ3) is 3.78. The summed E-state index contributed by atoms with van der Waals surface area (Å²) in [5.41, 5.74) is 1.97. The summed E-state index contributed by atoms with van der Waals surface area (Å²) in [5.74, 6) is 1.20. The van der Waals surface area contributed by atoms with Crippen molar-refractivity contribution in [1.29, 1.82) is 0 Å². The van der Waals surface area contributed by atoms with Crippen LogP contribution in [0.5, 0.6) is 0 Å². The van der Waals surface area contributed by atoms with Gasteiger partial charge in [-0.3, -0.25) is 9.69 Å². The SMILES string of the molecule is Cc1ccc(C(=O)CCN(C)Cc2nccn2C)cc1. The third-order valence-corrected chi connectivity index (χ3v) is 3.43. The van der Waals surface area contributed by atoms with E-state index in [1.807, 2.05) is 56.0 Å². The molecule has 0 unspecified atom stereocenters. The van der Waals surface area contributed by atoms with Gasteiger partial charge in [-0.05, 0) is 14.0 Å². The zero-order valence-corrected chi connectivity index (χ0v) is 12.3. The average Bonchev–Trinajstić information content (AvgIpc) is 2.82. The summed E-state index contributed by atoms with van der Waals surface area (Å²) >= 11 is 0. The number of benzene rings is 1. The molecule has 1 heterocycles. The maximum atomic E-state index is 12.1. The molecule has 4 heteroatoms. The summed E-state index contributed by atoms with van der Waals surface area (Å²) in [6.45, 7) is 3.51. The molecule has 0 N–H and O–H groups in total. The molecule has 20 heavy (non-hydrogen) atoms. The van der Waals surface area contributed by atoms with Crippen LogP contribution in [-0.2, 0) is 13.6 Å². The van der Waals surface area contributed by atoms with E-state index >= 15 is 0 Å². The average molecular weight is 271 g/mol. The molecule has 0 aliphatic carbocycles. The van der Waals surface area contributed by atoms with Crippen LogP contribution in [0, 0.1) is 6.92 Å². The summed E-state index contributed by atoms with van der Waals surface area (Å²) in [7, 11) is 3.99. The molecule has 0 bridgehead atoms. The van der Waals surface area contributed by atoms with Crippen LogP contribution >= 0.6 is 0 Å². The smallest absolute Gasteiger partial charge is 0.164 e. The van der Waals surface area contributed by atoms with Crippen LogP contribution in [0.3, 0.4) is 0 Å². The van der Waals surface area contributed by atoms with E-state index in [9.17, 15) is 4.79 Å². The van der Waals surface area contributed by atoms with Crippen molar-refractivity contribution in [3.63, 3.8) is 0 Å². The van der Waals surface area contributed by atoms with E-state index in [1.54, 1.807) is 6.20 Å². The minimum absolute atomic E-state index is 0.191. The topological polar surface area (TPSA) is 38.1 Å². The Morgan fingerprint density at radius 2 is 2.00 bits per heavy atom. The number of imidazole rings is 1. The monoisotopic (exact) mass is 271 g/mol. The zero-order chi connectivity index (χ0) is 14.5. The Hall–Kier alpha value is -1.94. The van der Waals surface area contributed by atoms with E-state index in [1.165, 1.54) is 5.56 Å². The lowest BCUT2D eigenvalue weighted by atomic mass is 10.1. The fourth-order valence-electron chi connectivity index (χ4n) is 2.05. The predicted octanol–water partition coefficient (Wildman–Crippen LogP) is 2.43. The quantitative estimate of drug-likeness (QED) is 0.757. The highest BCUT2D eigenvalue weighted by Crippen LogP contribution is 2.07. The molecule has 2 rings (SSSR count). The standard InChI is InChI=1S/C16H21N3O/c1-13-4-6-14(7-5-13)15(20)8-10-18(2)12-16-17-9-11-19(16)3/h4-7,9,11H,8,10,12H2,1-3H3. The Bertz CT molecular complexity index is 572. The van der Waals surface area contributed by atoms with E-state index in [2.05, 4.69) is 9.88 Å². The minimum Gasteiger partial charge on any atom is -0.337 e. The third-order valence-electron chi connectivity index (χ3n) is 3.43. The second-order valence-electron chi connectivity index (χ2n) is 5.23. The van der Waals surface area contributed by atoms with E-state index in [0.29, 0.717) is 6.42 Å². The number of hydrogen-bond donors (Lipinski definition) is 0. The molecule has 2 aromatic rings. The number of Topliss-reactive ketones (excluding diaryl/α,β-unsaturated/α-hetero) is 1. The van der Waals surface area contributed by atoms with Crippen LogP contribution in [0.2, 0.25) is 0 Å². The van der Waals surface area contributed by atoms with Gasteiger partial charge in [0, 0.05) is 38.0 Å². The van der Waals surface area contributed by atoms with Gasteiger partial charge in [-0.1, -0.05) is 29.8 Å². The lowest BCUT2D eigenvalue weighted by molar-refractivity contribution is 0.0967. The van der Waals surface area contributed by atoms with E-state index in [-0.39, 0.29) is 5.78 Å². The van der Waals surface area contributed by atoms with Crippen molar-refractivity contribution < 1.29 is 4.79 Å². The second-order valence-corrected chi connectivity index (χ2v) is 5.23. The first-order valence-electron chi connectivity index (χ1n) is 6.81. The van der Waals surface area contributed by atoms with Gasteiger partial charge >= 0.3 is 0 Å². The molecular weight excluding hydrogens is 250 g/mol. The van der Waals surface area contributed by atoms with Crippen LogP contribution < -0.4 is 0 Å². The summed E-state index contributed by atoms with van der Waals surface area (Å²) in [4.78, 5) is 18.5. The van der Waals surface area contributed by atoms with Gasteiger partial charge in [0.2, 0.25) is 0 Å². The van der Waals surface area contributed by atoms with Gasteiger partial charge in [0.15, 0.2) is 5.78 Å². The number of rotatable bonds is 6. The van der Waals surface area contributed by atoms with Crippen LogP contribution in [0.15, 0.2) is 36.7 Å². The number of carbonyl (C=O) groups is 1. The van der Waals surface area contributed by atoms with Crippen LogP contribution in [0.25, 0.3) is 0 Å². The molecule has 1 aromatic carbocycles. The molecule has 0 saturated heterocycles. The molecule has 1 aromatic heterocycles. The molecular formula is C16H21N3O. The second kappa shape index (κ2) is 6.48. The van der Waals surface area contributed by atoms with Crippen molar-refractivity contribution >= 4 is 5.78 Å². The van der Waals surface area contributed by atoms with Gasteiger partial charge in [-0.2, -0.15) is 0 Å². The van der Waals surface area contributed by atoms with Gasteiger partial charge in [0.05, 0.1) is 6.54 Å². The number of nitrogens with zero attached hydrogens (tertiary/aromatic N) is 3. The van der Waals surface area contributed by atoms with Gasteiger partial charge in [-0.15, -0.1) is 0 Å². The predicted molar refractivity (Wildman–Crippen MR) is 79.7 cm³/mol. The maximum Gasteiger partial charge on any atom is 0.164 e. The summed E-state index contributed by atoms with van der Waals surface area (Å²) in [5, 5.41) is 0. The minimum atomic E-state index is 0.191. The molecule has 106 valence electrons. The lowest BCUT2D eigenvalue weighted by Crippen LogP contribution is -2.23. The fourth-order valence-corrected chi connectivity index (χ4v) is 2.05. The van der Waals surface area contributed by atoms with E-state index in [4.69, 9.17) is 0 Å². The zero-order valence-electron chi connectivity index (χ0n) is 12.3. The Labute approximate surface area is 120 Å². The highest BCUT2D eigenvalue weighted by atomic mass is 16.1. The van der Waals surface area contributed by atoms with Crippen LogP contribution in [-0.4, -0.2) is 33.8 Å². The van der Waals surface area contributed by atoms with Crippen molar-refractivity contribution in [2.45, 2.75) is 19.9 Å². The van der Waals surface area contributed by atoms with Crippen molar-refractivity contribution in [2.24, 2.45) is 7.05 Å². The van der Waals surface area contributed by atoms with Crippen LogP contribution in [0.1, 0.15) is 28.2 Å². The van der Waals surface area contributed by atoms with Gasteiger partial charge in [-0.25, -0.2) is 4.98 Å². The van der Waals surface area contributed by atoms with Crippen molar-refractivity contribution in [3.05, 3.63) is 53.6 Å². The van der Waals surface area contributed by atoms with Gasteiger partial charge in [0.25, 0.3) is 0 Å². The molecule has 0 atom stereocenters. The first kappa shape index (κ1) is 14.5. The fraction of sp³-hybridized carbons (Fsp3) is 0.375. The largest absolute Gasteiger partial charge is 0.337 e. The lowest BCUT2D eigenvalue weighted by Gasteiger charge is -2.15. The summed E-state index contributed by atoms with van der Waals surface area (Å²) in [6, 6.07) is 7.75. The van der Waals surface area contributed by atoms with Gasteiger partial charge < -0.3 is 4.57 Å². The van der Waals surface area contributed by atoms with Crippen molar-refractivity contribution in [2.75, 3.05) is 13.6 Å². The van der Waals surface area contributed by atoms with Crippen LogP contribution in [0.4, 0.5) is 0 Å². The van der Waals surface area contributed by atoms with Crippen molar-refractivity contribution in [1.82, 2.24) is 14.5 Å². The maximum absolute atomic E-state index is 12.1. The Balaban J connectivity index is 1.84. The number of aromatic nitrogens is 2. The Kier molecular flexibility index (Phi) is 4.69. The highest BCUT2D eigenvalue weighted by molar-refractivity contribution is 5.96. The molecule has 4 nitrogen and oxygen atoms in total. The normalized spacial score (nSPS) is 11.0. The number of hydrogen-bond acceptors (Lipinski definition) is 3. The summed E-state index contributed by atoms with van der Waals surface area (Å²) in [6.07, 6.45) is 4.26. The molecule has 0 aliphatic rings. The Morgan fingerprint density at radius 3 is 2.60 bits per heavy atom. The van der Waals surface area contributed by atoms with E-state index in [0.717, 1.165) is 24.5 Å². The first-order chi connectivity index (χ1) is 9.56. The molecule has 0 saturated carbocycles. The molecule has 0 radical (unpaired) electrons. The highest BCUT2D eigenvalue weighted by Gasteiger charge is 2.09. The first-order valence-corrected chi connectivity index (χ1v) is 6.81. The Morgan fingerprint density at radius 1 is 1.30 bits per heavy atom. The molecule has 0 fully saturated rings. The molecule has 0 aliphatic heterocycles. The number of aryl methyl sites for hydroxylation is 2. The molecule has 0 spiro atoms. The number of ketones is 1. The molecule has 0 amide bonds. The number of carbonyl (C=O) groups excluding carboxylic acids is 1. The van der Waals surface area contributed by atoms with E-state index < -0.39 is 0 Å². The van der Waals surface area contributed by atoms with Gasteiger partial charge in [0.1, 0.15) is 5.82 Å². The summed E-state index contributed by atoms with van der Waals surface area (Å²) < 4.78 is 2.00. The van der Waals surface area contributed by atoms with Crippen molar-refractivity contribution in [3.8, 4) is 0 Å².